The van der Waals surface area contributed by atoms with E-state index in [9.17, 15) is 14.0 Å². The summed E-state index contributed by atoms with van der Waals surface area (Å²) < 4.78 is 19.8. The number of hydrogen-bond donors (Lipinski definition) is 2. The van der Waals surface area contributed by atoms with E-state index < -0.39 is 12.1 Å². The highest BCUT2D eigenvalue weighted by Gasteiger charge is 2.37. The van der Waals surface area contributed by atoms with Gasteiger partial charge >= 0.3 is 6.03 Å². The molecule has 0 saturated carbocycles. The van der Waals surface area contributed by atoms with Crippen molar-refractivity contribution in [3.8, 4) is 5.75 Å². The van der Waals surface area contributed by atoms with Crippen LogP contribution in [0.4, 0.5) is 9.18 Å². The van der Waals surface area contributed by atoms with E-state index >= 15 is 0 Å². The molecule has 2 aromatic rings. The number of carbonyl (C=O) groups is 2. The van der Waals surface area contributed by atoms with Gasteiger partial charge in [-0.2, -0.15) is 0 Å². The Kier molecular flexibility index (Phi) is 5.97. The molecule has 1 aliphatic heterocycles. The second kappa shape index (κ2) is 8.58. The van der Waals surface area contributed by atoms with Gasteiger partial charge in [-0.05, 0) is 30.7 Å². The van der Waals surface area contributed by atoms with Crippen molar-refractivity contribution in [3.63, 3.8) is 0 Å². The molecule has 10 heteroatoms. The number of imide groups is 1. The number of halogens is 1. The molecule has 9 nitrogen and oxygen atoms in total. The zero-order valence-electron chi connectivity index (χ0n) is 14.5. The number of benzene rings is 1. The van der Waals surface area contributed by atoms with Gasteiger partial charge < -0.3 is 15.2 Å². The van der Waals surface area contributed by atoms with Gasteiger partial charge in [-0.3, -0.25) is 9.69 Å². The largest absolute Gasteiger partial charge is 0.494 e. The second-order valence-corrected chi connectivity index (χ2v) is 6.05. The van der Waals surface area contributed by atoms with Gasteiger partial charge in [-0.15, -0.1) is 5.10 Å². The van der Waals surface area contributed by atoms with Crippen molar-refractivity contribution < 1.29 is 23.8 Å². The highest BCUT2D eigenvalue weighted by atomic mass is 19.1. The normalized spacial score (nSPS) is 16.7. The van der Waals surface area contributed by atoms with E-state index in [0.717, 1.165) is 4.90 Å². The Morgan fingerprint density at radius 2 is 2.00 bits per heavy atom. The van der Waals surface area contributed by atoms with Crippen LogP contribution in [0.15, 0.2) is 30.5 Å². The van der Waals surface area contributed by atoms with Crippen LogP contribution >= 0.6 is 0 Å². The SMILES string of the molecule is O=C1N[C@@H](Cc2cn(CCO)nn2)C(=O)N1CCCOc1ccc(F)cc1. The summed E-state index contributed by atoms with van der Waals surface area (Å²) in [5, 5.41) is 19.3. The van der Waals surface area contributed by atoms with E-state index in [-0.39, 0.29) is 31.3 Å². The quantitative estimate of drug-likeness (QED) is 0.482. The van der Waals surface area contributed by atoms with E-state index in [4.69, 9.17) is 9.84 Å². The predicted octanol–water partition coefficient (Wildman–Crippen LogP) is 0.341. The van der Waals surface area contributed by atoms with E-state index in [1.807, 2.05) is 0 Å². The fourth-order valence-corrected chi connectivity index (χ4v) is 2.72. The van der Waals surface area contributed by atoms with Gasteiger partial charge in [0.2, 0.25) is 0 Å². The van der Waals surface area contributed by atoms with Crippen molar-refractivity contribution in [1.29, 1.82) is 0 Å². The number of aromatic nitrogens is 3. The number of ether oxygens (including phenoxy) is 1. The monoisotopic (exact) mass is 377 g/mol. The molecule has 3 rings (SSSR count). The third-order valence-electron chi connectivity index (χ3n) is 4.04. The van der Waals surface area contributed by atoms with Crippen molar-refractivity contribution in [3.05, 3.63) is 42.0 Å². The lowest BCUT2D eigenvalue weighted by Crippen LogP contribution is -2.33. The van der Waals surface area contributed by atoms with E-state index in [1.54, 1.807) is 6.20 Å². The molecule has 144 valence electrons. The maximum absolute atomic E-state index is 12.8. The van der Waals surface area contributed by atoms with Gasteiger partial charge in [-0.25, -0.2) is 13.9 Å². The summed E-state index contributed by atoms with van der Waals surface area (Å²) in [5.74, 6) is -0.139. The Morgan fingerprint density at radius 1 is 1.22 bits per heavy atom. The van der Waals surface area contributed by atoms with E-state index in [0.29, 0.717) is 31.0 Å². The molecule has 0 unspecified atom stereocenters. The summed E-state index contributed by atoms with van der Waals surface area (Å²) in [6, 6.07) is 4.50. The highest BCUT2D eigenvalue weighted by Crippen LogP contribution is 2.13. The molecule has 1 saturated heterocycles. The highest BCUT2D eigenvalue weighted by molar-refractivity contribution is 6.04. The van der Waals surface area contributed by atoms with Crippen molar-refractivity contribution in [2.75, 3.05) is 19.8 Å². The lowest BCUT2D eigenvalue weighted by Gasteiger charge is -2.13. The van der Waals surface area contributed by atoms with Gasteiger partial charge in [0.1, 0.15) is 17.6 Å². The van der Waals surface area contributed by atoms with Crippen LogP contribution in [-0.4, -0.2) is 62.7 Å². The van der Waals surface area contributed by atoms with Crippen LogP contribution in [0, 0.1) is 5.82 Å². The summed E-state index contributed by atoms with van der Waals surface area (Å²) in [6.07, 6.45) is 2.32. The standard InChI is InChI=1S/C17H20FN5O4/c18-12-2-4-14(5-3-12)27-9-1-6-23-16(25)15(19-17(23)26)10-13-11-22(7-8-24)21-20-13/h2-5,11,15,24H,1,6-10H2,(H,19,26)/t15-/m0/s1. The number of aliphatic hydroxyl groups is 1. The average molecular weight is 377 g/mol. The Hall–Kier alpha value is -3.01. The van der Waals surface area contributed by atoms with Crippen LogP contribution in [0.25, 0.3) is 0 Å². The molecule has 1 aliphatic rings. The average Bonchev–Trinajstić information content (AvgIpc) is 3.19. The number of carbonyl (C=O) groups excluding carboxylic acids is 2. The third kappa shape index (κ3) is 4.79. The topological polar surface area (TPSA) is 110 Å². The first-order valence-corrected chi connectivity index (χ1v) is 8.57. The summed E-state index contributed by atoms with van der Waals surface area (Å²) in [4.78, 5) is 25.6. The fraction of sp³-hybridized carbons (Fsp3) is 0.412. The number of amides is 3. The molecular weight excluding hydrogens is 357 g/mol. The molecule has 27 heavy (non-hydrogen) atoms. The summed E-state index contributed by atoms with van der Waals surface area (Å²) in [7, 11) is 0. The van der Waals surface area contributed by atoms with Gasteiger partial charge in [0, 0.05) is 19.2 Å². The van der Waals surface area contributed by atoms with Crippen LogP contribution in [-0.2, 0) is 17.8 Å². The molecule has 1 fully saturated rings. The Bertz CT molecular complexity index is 795. The van der Waals surface area contributed by atoms with Crippen molar-refractivity contribution in [2.45, 2.75) is 25.4 Å². The zero-order chi connectivity index (χ0) is 19.2. The molecule has 3 amide bonds. The first-order valence-electron chi connectivity index (χ1n) is 8.57. The Balaban J connectivity index is 1.46. The molecule has 1 aromatic carbocycles. The molecule has 0 spiro atoms. The van der Waals surface area contributed by atoms with Crippen molar-refractivity contribution in [1.82, 2.24) is 25.2 Å². The molecule has 0 aliphatic carbocycles. The molecule has 0 bridgehead atoms. The minimum absolute atomic E-state index is 0.0599. The molecular formula is C17H20FN5O4. The third-order valence-corrected chi connectivity index (χ3v) is 4.04. The first kappa shape index (κ1) is 18.8. The maximum Gasteiger partial charge on any atom is 0.324 e. The maximum atomic E-state index is 12.8. The lowest BCUT2D eigenvalue weighted by atomic mass is 10.1. The first-order chi connectivity index (χ1) is 13.1. The summed E-state index contributed by atoms with van der Waals surface area (Å²) in [5.41, 5.74) is 0.559. The van der Waals surface area contributed by atoms with Gasteiger partial charge in [-0.1, -0.05) is 5.21 Å². The van der Waals surface area contributed by atoms with E-state index in [1.165, 1.54) is 28.9 Å². The number of nitrogens with zero attached hydrogens (tertiary/aromatic N) is 4. The number of nitrogens with one attached hydrogen (secondary N) is 1. The molecule has 0 radical (unpaired) electrons. The van der Waals surface area contributed by atoms with Gasteiger partial charge in [0.25, 0.3) is 5.91 Å². The summed E-state index contributed by atoms with van der Waals surface area (Å²) in [6.45, 7) is 0.774. The van der Waals surface area contributed by atoms with Crippen molar-refractivity contribution >= 4 is 11.9 Å². The van der Waals surface area contributed by atoms with Crippen molar-refractivity contribution in [2.24, 2.45) is 0 Å². The van der Waals surface area contributed by atoms with Crippen LogP contribution in [0.2, 0.25) is 0 Å². The summed E-state index contributed by atoms with van der Waals surface area (Å²) >= 11 is 0. The zero-order valence-corrected chi connectivity index (χ0v) is 14.5. The number of hydrogen-bond acceptors (Lipinski definition) is 6. The molecule has 1 aromatic heterocycles. The number of rotatable bonds is 9. The van der Waals surface area contributed by atoms with Crippen LogP contribution in [0.5, 0.6) is 5.75 Å². The van der Waals surface area contributed by atoms with Gasteiger partial charge in [0.15, 0.2) is 0 Å². The second-order valence-electron chi connectivity index (χ2n) is 6.05. The minimum Gasteiger partial charge on any atom is -0.494 e. The number of urea groups is 1. The van der Waals surface area contributed by atoms with Crippen LogP contribution in [0.1, 0.15) is 12.1 Å². The van der Waals surface area contributed by atoms with Gasteiger partial charge in [0.05, 0.1) is 25.5 Å². The van der Waals surface area contributed by atoms with Crippen LogP contribution in [0.3, 0.4) is 0 Å². The fourth-order valence-electron chi connectivity index (χ4n) is 2.72. The Morgan fingerprint density at radius 3 is 2.74 bits per heavy atom. The lowest BCUT2D eigenvalue weighted by molar-refractivity contribution is -0.127. The smallest absolute Gasteiger partial charge is 0.324 e. The number of aliphatic hydroxyl groups excluding tert-OH is 1. The Labute approximate surface area is 154 Å². The van der Waals surface area contributed by atoms with Crippen LogP contribution < -0.4 is 10.1 Å². The molecule has 2 N–H and O–H groups in total. The predicted molar refractivity (Wildman–Crippen MR) is 91.4 cm³/mol. The molecule has 1 atom stereocenters. The molecule has 2 heterocycles. The minimum atomic E-state index is -0.685. The van der Waals surface area contributed by atoms with E-state index in [2.05, 4.69) is 15.6 Å².